The largest absolute Gasteiger partial charge is 0.507 e. The van der Waals surface area contributed by atoms with Gasteiger partial charge in [-0.25, -0.2) is 0 Å². The lowest BCUT2D eigenvalue weighted by molar-refractivity contribution is -0.0424. The number of aryl methyl sites for hydroxylation is 1. The molecule has 32 heavy (non-hydrogen) atoms. The van der Waals surface area contributed by atoms with Crippen LogP contribution in [-0.2, 0) is 19.3 Å². The number of phenols is 2. The molecule has 1 aliphatic heterocycles. The first kappa shape index (κ1) is 23.7. The Morgan fingerprint density at radius 1 is 1.19 bits per heavy atom. The second-order valence-electron chi connectivity index (χ2n) is 9.04. The number of aromatic hydroxyl groups is 2. The van der Waals surface area contributed by atoms with Crippen molar-refractivity contribution in [3.8, 4) is 23.0 Å². The molecule has 1 atom stereocenters. The number of aliphatic hydroxyl groups is 1. The number of rotatable bonds is 7. The van der Waals surface area contributed by atoms with Crippen LogP contribution in [0.1, 0.15) is 61.2 Å². The fourth-order valence-corrected chi connectivity index (χ4v) is 3.83. The number of aliphatic hydroxyl groups excluding tert-OH is 1. The number of ether oxygens (including phenoxy) is 2. The molecule has 0 fully saturated rings. The summed E-state index contributed by atoms with van der Waals surface area (Å²) in [7, 11) is 1.59. The van der Waals surface area contributed by atoms with Crippen molar-refractivity contribution in [3.63, 3.8) is 0 Å². The van der Waals surface area contributed by atoms with Crippen LogP contribution in [0.25, 0.3) is 0 Å². The number of hydrogen-bond acceptors (Lipinski definition) is 6. The van der Waals surface area contributed by atoms with Gasteiger partial charge in [-0.15, -0.1) is 0 Å². The molecule has 0 radical (unpaired) electrons. The average Bonchev–Trinajstić information content (AvgIpc) is 2.73. The summed E-state index contributed by atoms with van der Waals surface area (Å²) in [6.45, 7) is 7.40. The second-order valence-corrected chi connectivity index (χ2v) is 9.04. The van der Waals surface area contributed by atoms with Gasteiger partial charge in [0.15, 0.2) is 5.78 Å². The molecular formula is C26H32O6. The zero-order valence-electron chi connectivity index (χ0n) is 19.4. The molecule has 0 saturated heterocycles. The van der Waals surface area contributed by atoms with Gasteiger partial charge < -0.3 is 24.8 Å². The van der Waals surface area contributed by atoms with Crippen LogP contribution in [0.4, 0.5) is 0 Å². The van der Waals surface area contributed by atoms with E-state index >= 15 is 0 Å². The second kappa shape index (κ2) is 9.25. The Kier molecular flexibility index (Phi) is 6.84. The lowest BCUT2D eigenvalue weighted by Crippen LogP contribution is -2.46. The summed E-state index contributed by atoms with van der Waals surface area (Å²) in [5, 5.41) is 32.5. The van der Waals surface area contributed by atoms with Gasteiger partial charge in [0, 0.05) is 24.0 Å². The molecule has 3 rings (SSSR count). The molecule has 2 aromatic carbocycles. The number of ketones is 1. The van der Waals surface area contributed by atoms with Crippen molar-refractivity contribution in [3.05, 3.63) is 58.2 Å². The molecule has 0 bridgehead atoms. The fraction of sp³-hybridized carbons (Fsp3) is 0.423. The Balaban J connectivity index is 1.99. The van der Waals surface area contributed by atoms with E-state index in [1.54, 1.807) is 21.0 Å². The molecule has 3 N–H and O–H groups in total. The van der Waals surface area contributed by atoms with Gasteiger partial charge in [0.05, 0.1) is 13.2 Å². The van der Waals surface area contributed by atoms with Crippen molar-refractivity contribution >= 4 is 5.78 Å². The maximum absolute atomic E-state index is 13.1. The highest BCUT2D eigenvalue weighted by Gasteiger charge is 2.40. The maximum atomic E-state index is 13.1. The molecule has 0 spiro atoms. The summed E-state index contributed by atoms with van der Waals surface area (Å²) < 4.78 is 11.2. The van der Waals surface area contributed by atoms with Gasteiger partial charge in [-0.2, -0.15) is 0 Å². The predicted octanol–water partition coefficient (Wildman–Crippen LogP) is 4.51. The minimum atomic E-state index is -0.883. The minimum Gasteiger partial charge on any atom is -0.507 e. The van der Waals surface area contributed by atoms with E-state index < -0.39 is 11.7 Å². The first-order valence-electron chi connectivity index (χ1n) is 10.8. The fourth-order valence-electron chi connectivity index (χ4n) is 3.83. The quantitative estimate of drug-likeness (QED) is 0.433. The van der Waals surface area contributed by atoms with Crippen molar-refractivity contribution in [2.24, 2.45) is 0 Å². The molecule has 172 valence electrons. The Labute approximate surface area is 189 Å². The molecule has 6 nitrogen and oxygen atoms in total. The normalized spacial score (nSPS) is 16.6. The summed E-state index contributed by atoms with van der Waals surface area (Å²) in [4.78, 5) is 13.1. The molecule has 1 unspecified atom stereocenters. The summed E-state index contributed by atoms with van der Waals surface area (Å²) in [5.41, 5.74) is 1.82. The van der Waals surface area contributed by atoms with Gasteiger partial charge >= 0.3 is 0 Å². The van der Waals surface area contributed by atoms with Gasteiger partial charge in [-0.3, -0.25) is 4.79 Å². The van der Waals surface area contributed by atoms with E-state index in [0.29, 0.717) is 29.7 Å². The Bertz CT molecular complexity index is 1030. The molecule has 1 aliphatic rings. The van der Waals surface area contributed by atoms with E-state index in [4.69, 9.17) is 9.47 Å². The standard InChI is InChI=1S/C26H32O6/c1-15(2)6-12-18-23(29)22(20(27)13-9-16-7-10-17(31-5)11-8-16)24(30)19-14-21(28)26(3,4)32-25(18)19/h6-8,10-11,21,28-30H,9,12-14H2,1-5H3. The van der Waals surface area contributed by atoms with Gasteiger partial charge in [0.25, 0.3) is 0 Å². The molecule has 0 aromatic heterocycles. The SMILES string of the molecule is COc1ccc(CCC(=O)c2c(O)c(CC=C(C)C)c3c(c2O)CC(O)C(C)(C)O3)cc1. The predicted molar refractivity (Wildman–Crippen MR) is 123 cm³/mol. The van der Waals surface area contributed by atoms with E-state index in [1.165, 1.54) is 0 Å². The summed E-state index contributed by atoms with van der Waals surface area (Å²) in [6.07, 6.45) is 2.12. The highest BCUT2D eigenvalue weighted by atomic mass is 16.5. The maximum Gasteiger partial charge on any atom is 0.170 e. The van der Waals surface area contributed by atoms with Crippen molar-refractivity contribution in [2.75, 3.05) is 7.11 Å². The van der Waals surface area contributed by atoms with E-state index in [-0.39, 0.29) is 35.7 Å². The number of methoxy groups -OCH3 is 1. The highest BCUT2D eigenvalue weighted by Crippen LogP contribution is 2.48. The van der Waals surface area contributed by atoms with Crippen LogP contribution in [-0.4, -0.2) is 39.9 Å². The van der Waals surface area contributed by atoms with E-state index in [9.17, 15) is 20.1 Å². The molecule has 1 heterocycles. The first-order chi connectivity index (χ1) is 15.0. The van der Waals surface area contributed by atoms with Gasteiger partial charge in [-0.05, 0) is 58.2 Å². The van der Waals surface area contributed by atoms with Gasteiger partial charge in [-0.1, -0.05) is 23.8 Å². The van der Waals surface area contributed by atoms with E-state index in [1.807, 2.05) is 44.2 Å². The molecule has 2 aromatic rings. The van der Waals surface area contributed by atoms with Crippen LogP contribution in [0.5, 0.6) is 23.0 Å². The molecule has 0 saturated carbocycles. The monoisotopic (exact) mass is 440 g/mol. The zero-order valence-corrected chi connectivity index (χ0v) is 19.4. The van der Waals surface area contributed by atoms with Crippen LogP contribution in [0.3, 0.4) is 0 Å². The van der Waals surface area contributed by atoms with Crippen LogP contribution in [0.15, 0.2) is 35.9 Å². The summed E-state index contributed by atoms with van der Waals surface area (Å²) in [6, 6.07) is 7.41. The molecule has 0 amide bonds. The first-order valence-corrected chi connectivity index (χ1v) is 10.8. The number of allylic oxidation sites excluding steroid dienone is 2. The van der Waals surface area contributed by atoms with Crippen LogP contribution < -0.4 is 9.47 Å². The average molecular weight is 441 g/mol. The van der Waals surface area contributed by atoms with Crippen LogP contribution in [0.2, 0.25) is 0 Å². The number of benzene rings is 2. The number of carbonyl (C=O) groups is 1. The van der Waals surface area contributed by atoms with E-state index in [2.05, 4.69) is 0 Å². The smallest absolute Gasteiger partial charge is 0.170 e. The molecule has 6 heteroatoms. The number of carbonyl (C=O) groups excluding carboxylic acids is 1. The van der Waals surface area contributed by atoms with Crippen molar-refractivity contribution < 1.29 is 29.6 Å². The summed E-state index contributed by atoms with van der Waals surface area (Å²) in [5.74, 6) is 0.143. The van der Waals surface area contributed by atoms with E-state index in [0.717, 1.165) is 16.9 Å². The number of Topliss-reactive ketones (excluding diaryl/α,β-unsaturated/α-hetero) is 1. The minimum absolute atomic E-state index is 0.107. The third kappa shape index (κ3) is 4.75. The topological polar surface area (TPSA) is 96.2 Å². The zero-order chi connectivity index (χ0) is 23.6. The van der Waals surface area contributed by atoms with Crippen molar-refractivity contribution in [1.29, 1.82) is 0 Å². The van der Waals surface area contributed by atoms with Gasteiger partial charge in [0.1, 0.15) is 34.2 Å². The Hall–Kier alpha value is -2.99. The Morgan fingerprint density at radius 3 is 2.44 bits per heavy atom. The third-order valence-electron chi connectivity index (χ3n) is 5.95. The van der Waals surface area contributed by atoms with Crippen molar-refractivity contribution in [2.45, 2.75) is 65.1 Å². The lowest BCUT2D eigenvalue weighted by atomic mass is 9.85. The number of fused-ring (bicyclic) bond motifs is 1. The lowest BCUT2D eigenvalue weighted by Gasteiger charge is -2.38. The van der Waals surface area contributed by atoms with Crippen LogP contribution >= 0.6 is 0 Å². The third-order valence-corrected chi connectivity index (χ3v) is 5.95. The molecular weight excluding hydrogens is 408 g/mol. The van der Waals surface area contributed by atoms with Crippen molar-refractivity contribution in [1.82, 2.24) is 0 Å². The molecule has 0 aliphatic carbocycles. The van der Waals surface area contributed by atoms with Crippen LogP contribution in [0, 0.1) is 0 Å². The summed E-state index contributed by atoms with van der Waals surface area (Å²) >= 11 is 0. The Morgan fingerprint density at radius 2 is 1.84 bits per heavy atom. The number of hydrogen-bond donors (Lipinski definition) is 3. The number of phenolic OH excluding ortho intramolecular Hbond substituents is 2. The van der Waals surface area contributed by atoms with Gasteiger partial charge in [0.2, 0.25) is 0 Å². The highest BCUT2D eigenvalue weighted by molar-refractivity contribution is 6.02.